The molecule has 0 N–H and O–H groups in total. The first-order chi connectivity index (χ1) is 9.24. The van der Waals surface area contributed by atoms with Gasteiger partial charge in [-0.25, -0.2) is 9.78 Å². The molecule has 1 aromatic heterocycles. The van der Waals surface area contributed by atoms with Gasteiger partial charge >= 0.3 is 5.97 Å². The van der Waals surface area contributed by atoms with E-state index < -0.39 is 5.97 Å². The first-order valence-corrected chi connectivity index (χ1v) is 6.68. The number of thioether (sulfide) groups is 1. The summed E-state index contributed by atoms with van der Waals surface area (Å²) in [5.41, 5.74) is 0.113. The van der Waals surface area contributed by atoms with Crippen molar-refractivity contribution in [3.05, 3.63) is 42.4 Å². The largest absolute Gasteiger partial charge is 0.464 e. The van der Waals surface area contributed by atoms with Crippen molar-refractivity contribution in [2.45, 2.75) is 4.90 Å². The number of rotatable bonds is 4. The normalized spacial score (nSPS) is 10.0. The molecule has 0 amide bonds. The SMILES string of the molecule is COC(=O)c1cncc(Oc2ccccc2SC)n1. The Labute approximate surface area is 115 Å². The van der Waals surface area contributed by atoms with Gasteiger partial charge in [0.05, 0.1) is 19.5 Å². The molecular weight excluding hydrogens is 264 g/mol. The van der Waals surface area contributed by atoms with Crippen LogP contribution in [0.15, 0.2) is 41.6 Å². The van der Waals surface area contributed by atoms with E-state index in [9.17, 15) is 4.79 Å². The third-order valence-corrected chi connectivity index (χ3v) is 3.07. The predicted molar refractivity (Wildman–Crippen MR) is 71.7 cm³/mol. The van der Waals surface area contributed by atoms with Crippen molar-refractivity contribution in [3.63, 3.8) is 0 Å². The number of carbonyl (C=O) groups excluding carboxylic acids is 1. The van der Waals surface area contributed by atoms with Crippen molar-refractivity contribution >= 4 is 17.7 Å². The third kappa shape index (κ3) is 3.23. The minimum absolute atomic E-state index is 0.113. The molecule has 2 rings (SSSR count). The highest BCUT2D eigenvalue weighted by Crippen LogP contribution is 2.30. The number of nitrogens with zero attached hydrogens (tertiary/aromatic N) is 2. The molecule has 1 aromatic carbocycles. The van der Waals surface area contributed by atoms with Gasteiger partial charge in [0.25, 0.3) is 0 Å². The molecule has 0 radical (unpaired) electrons. The summed E-state index contributed by atoms with van der Waals surface area (Å²) in [7, 11) is 1.29. The Morgan fingerprint density at radius 3 is 2.79 bits per heavy atom. The molecule has 0 spiro atoms. The number of aromatic nitrogens is 2. The molecule has 0 atom stereocenters. The second-order valence-corrected chi connectivity index (χ2v) is 4.34. The van der Waals surface area contributed by atoms with Gasteiger partial charge in [0.1, 0.15) is 5.75 Å². The van der Waals surface area contributed by atoms with E-state index in [2.05, 4.69) is 14.7 Å². The molecule has 2 aromatic rings. The highest BCUT2D eigenvalue weighted by Gasteiger charge is 2.10. The molecular formula is C13H12N2O3S. The number of benzene rings is 1. The Kier molecular flexibility index (Phi) is 4.35. The Hall–Kier alpha value is -2.08. The van der Waals surface area contributed by atoms with Crippen molar-refractivity contribution in [1.82, 2.24) is 9.97 Å². The van der Waals surface area contributed by atoms with E-state index in [1.54, 1.807) is 11.8 Å². The number of ether oxygens (including phenoxy) is 2. The van der Waals surface area contributed by atoms with E-state index in [0.717, 1.165) is 4.90 Å². The van der Waals surface area contributed by atoms with Gasteiger partial charge in [-0.1, -0.05) is 12.1 Å². The van der Waals surface area contributed by atoms with E-state index in [-0.39, 0.29) is 11.6 Å². The Bertz CT molecular complexity index is 590. The lowest BCUT2D eigenvalue weighted by atomic mass is 10.3. The van der Waals surface area contributed by atoms with Crippen LogP contribution in [0.4, 0.5) is 0 Å². The summed E-state index contributed by atoms with van der Waals surface area (Å²) in [6.07, 6.45) is 4.74. The van der Waals surface area contributed by atoms with Crippen molar-refractivity contribution in [2.75, 3.05) is 13.4 Å². The fourth-order valence-electron chi connectivity index (χ4n) is 1.42. The van der Waals surface area contributed by atoms with Crippen LogP contribution in [0.1, 0.15) is 10.5 Å². The fourth-order valence-corrected chi connectivity index (χ4v) is 1.94. The van der Waals surface area contributed by atoms with Crippen LogP contribution in [0.2, 0.25) is 0 Å². The third-order valence-electron chi connectivity index (χ3n) is 2.29. The lowest BCUT2D eigenvalue weighted by Gasteiger charge is -2.08. The predicted octanol–water partition coefficient (Wildman–Crippen LogP) is 2.78. The summed E-state index contributed by atoms with van der Waals surface area (Å²) in [6.45, 7) is 0. The van der Waals surface area contributed by atoms with E-state index in [4.69, 9.17) is 4.74 Å². The van der Waals surface area contributed by atoms with Gasteiger partial charge in [-0.2, -0.15) is 0 Å². The van der Waals surface area contributed by atoms with Crippen LogP contribution in [0, 0.1) is 0 Å². The minimum atomic E-state index is -0.545. The van der Waals surface area contributed by atoms with Gasteiger partial charge in [-0.15, -0.1) is 11.8 Å². The number of carbonyl (C=O) groups is 1. The van der Waals surface area contributed by atoms with E-state index >= 15 is 0 Å². The van der Waals surface area contributed by atoms with Crippen molar-refractivity contribution in [3.8, 4) is 11.6 Å². The quantitative estimate of drug-likeness (QED) is 0.632. The molecule has 19 heavy (non-hydrogen) atoms. The molecule has 98 valence electrons. The fraction of sp³-hybridized carbons (Fsp3) is 0.154. The van der Waals surface area contributed by atoms with Crippen LogP contribution in [0.25, 0.3) is 0 Å². The van der Waals surface area contributed by atoms with Gasteiger partial charge in [0, 0.05) is 4.90 Å². The molecule has 6 heteroatoms. The molecule has 0 aliphatic carbocycles. The second-order valence-electron chi connectivity index (χ2n) is 3.49. The Balaban J connectivity index is 2.26. The number of esters is 1. The van der Waals surface area contributed by atoms with Gasteiger partial charge in [0.15, 0.2) is 5.69 Å². The highest BCUT2D eigenvalue weighted by atomic mass is 32.2. The van der Waals surface area contributed by atoms with Crippen LogP contribution >= 0.6 is 11.8 Å². The molecule has 5 nitrogen and oxygen atoms in total. The average molecular weight is 276 g/mol. The van der Waals surface area contributed by atoms with Gasteiger partial charge in [-0.3, -0.25) is 4.98 Å². The standard InChI is InChI=1S/C13H12N2O3S/c1-17-13(16)9-7-14-8-12(15-9)18-10-5-3-4-6-11(10)19-2/h3-8H,1-2H3. The maximum Gasteiger partial charge on any atom is 0.358 e. The van der Waals surface area contributed by atoms with E-state index in [1.165, 1.54) is 19.5 Å². The smallest absolute Gasteiger partial charge is 0.358 e. The van der Waals surface area contributed by atoms with Crippen LogP contribution < -0.4 is 4.74 Å². The number of hydrogen-bond acceptors (Lipinski definition) is 6. The monoisotopic (exact) mass is 276 g/mol. The van der Waals surface area contributed by atoms with E-state index in [0.29, 0.717) is 5.75 Å². The summed E-state index contributed by atoms with van der Waals surface area (Å²) in [5.74, 6) is 0.381. The first kappa shape index (κ1) is 13.4. The van der Waals surface area contributed by atoms with Gasteiger partial charge in [-0.05, 0) is 18.4 Å². The van der Waals surface area contributed by atoms with Crippen LogP contribution in [-0.2, 0) is 4.74 Å². The van der Waals surface area contributed by atoms with Gasteiger partial charge < -0.3 is 9.47 Å². The number of hydrogen-bond donors (Lipinski definition) is 0. The molecule has 0 aliphatic heterocycles. The van der Waals surface area contributed by atoms with Crippen molar-refractivity contribution in [1.29, 1.82) is 0 Å². The second kappa shape index (κ2) is 6.19. The maximum atomic E-state index is 11.4. The first-order valence-electron chi connectivity index (χ1n) is 5.46. The topological polar surface area (TPSA) is 61.3 Å². The molecule has 0 bridgehead atoms. The lowest BCUT2D eigenvalue weighted by Crippen LogP contribution is -2.05. The molecule has 0 saturated carbocycles. The molecule has 0 aliphatic rings. The van der Waals surface area contributed by atoms with Crippen LogP contribution in [-0.4, -0.2) is 29.3 Å². The Morgan fingerprint density at radius 1 is 1.26 bits per heavy atom. The molecule has 0 unspecified atom stereocenters. The molecule has 1 heterocycles. The highest BCUT2D eigenvalue weighted by molar-refractivity contribution is 7.98. The molecule has 0 fully saturated rings. The van der Waals surface area contributed by atoms with Crippen molar-refractivity contribution in [2.24, 2.45) is 0 Å². The summed E-state index contributed by atoms with van der Waals surface area (Å²) < 4.78 is 10.2. The molecule has 0 saturated heterocycles. The zero-order valence-electron chi connectivity index (χ0n) is 10.5. The lowest BCUT2D eigenvalue weighted by molar-refractivity contribution is 0.0592. The summed E-state index contributed by atoms with van der Waals surface area (Å²) in [6, 6.07) is 7.57. The van der Waals surface area contributed by atoms with Crippen LogP contribution in [0.5, 0.6) is 11.6 Å². The Morgan fingerprint density at radius 2 is 2.05 bits per heavy atom. The van der Waals surface area contributed by atoms with Gasteiger partial charge in [0.2, 0.25) is 5.88 Å². The summed E-state index contributed by atoms with van der Waals surface area (Å²) in [4.78, 5) is 20.3. The van der Waals surface area contributed by atoms with Crippen LogP contribution in [0.3, 0.4) is 0 Å². The zero-order chi connectivity index (χ0) is 13.7. The number of methoxy groups -OCH3 is 1. The minimum Gasteiger partial charge on any atom is -0.464 e. The maximum absolute atomic E-state index is 11.4. The average Bonchev–Trinajstić information content (AvgIpc) is 2.47. The summed E-state index contributed by atoms with van der Waals surface area (Å²) in [5, 5.41) is 0. The van der Waals surface area contributed by atoms with Crippen molar-refractivity contribution < 1.29 is 14.3 Å². The number of para-hydroxylation sites is 1. The van der Waals surface area contributed by atoms with E-state index in [1.807, 2.05) is 30.5 Å². The zero-order valence-corrected chi connectivity index (χ0v) is 11.3. The summed E-state index contributed by atoms with van der Waals surface area (Å²) >= 11 is 1.56.